The highest BCUT2D eigenvalue weighted by atomic mass is 32.1. The molecule has 2 heterocycles. The van der Waals surface area contributed by atoms with Crippen LogP contribution in [0.3, 0.4) is 0 Å². The molecule has 0 amide bonds. The normalized spacial score (nSPS) is 10.6. The Hall–Kier alpha value is -1.62. The smallest absolute Gasteiger partial charge is 0.376 e. The predicted octanol–water partition coefficient (Wildman–Crippen LogP) is 3.45. The maximum atomic E-state index is 11.7. The zero-order valence-electron chi connectivity index (χ0n) is 10.6. The number of carbonyl (C=O) groups is 1. The number of oxazole rings is 1. The van der Waals surface area contributed by atoms with E-state index in [4.69, 9.17) is 9.15 Å². The molecule has 0 aliphatic rings. The third-order valence-corrected chi connectivity index (χ3v) is 3.52. The minimum absolute atomic E-state index is 0.197. The number of thiophene rings is 1. The Morgan fingerprint density at radius 3 is 2.94 bits per heavy atom. The first kappa shape index (κ1) is 12.8. The number of aryl methyl sites for hydroxylation is 2. The van der Waals surface area contributed by atoms with Gasteiger partial charge in [-0.1, -0.05) is 6.92 Å². The second-order valence-corrected chi connectivity index (χ2v) is 4.70. The highest BCUT2D eigenvalue weighted by Gasteiger charge is 2.20. The van der Waals surface area contributed by atoms with E-state index in [9.17, 15) is 4.79 Å². The predicted molar refractivity (Wildman–Crippen MR) is 69.9 cm³/mol. The Balaban J connectivity index is 2.37. The number of hydrogen-bond donors (Lipinski definition) is 0. The van der Waals surface area contributed by atoms with Gasteiger partial charge in [0.2, 0.25) is 11.7 Å². The van der Waals surface area contributed by atoms with Gasteiger partial charge in [0, 0.05) is 0 Å². The van der Waals surface area contributed by atoms with Gasteiger partial charge in [0.15, 0.2) is 0 Å². The van der Waals surface area contributed by atoms with Crippen molar-refractivity contribution < 1.29 is 13.9 Å². The van der Waals surface area contributed by atoms with Crippen molar-refractivity contribution in [2.75, 3.05) is 6.61 Å². The summed E-state index contributed by atoms with van der Waals surface area (Å²) < 4.78 is 10.5. The average Bonchev–Trinajstić information content (AvgIpc) is 2.94. The summed E-state index contributed by atoms with van der Waals surface area (Å²) in [6.07, 6.45) is 0.912. The van der Waals surface area contributed by atoms with Crippen molar-refractivity contribution in [3.8, 4) is 10.8 Å². The second-order valence-electron chi connectivity index (χ2n) is 3.78. The van der Waals surface area contributed by atoms with Gasteiger partial charge >= 0.3 is 5.97 Å². The number of esters is 1. The molecule has 0 aliphatic heterocycles. The summed E-state index contributed by atoms with van der Waals surface area (Å²) in [5.74, 6) is 0.244. The van der Waals surface area contributed by atoms with E-state index in [0.29, 0.717) is 18.2 Å². The lowest BCUT2D eigenvalue weighted by atomic mass is 10.2. The standard InChI is InChI=1S/C13H15NO3S/c1-4-9-6-7-18-11(9)12-14-8(3)10(17-12)13(15)16-5-2/h6-7H,4-5H2,1-3H3. The molecule has 0 radical (unpaired) electrons. The van der Waals surface area contributed by atoms with E-state index in [1.807, 2.05) is 11.4 Å². The van der Waals surface area contributed by atoms with Gasteiger partial charge in [-0.05, 0) is 37.3 Å². The summed E-state index contributed by atoms with van der Waals surface area (Å²) in [6.45, 7) is 5.92. The van der Waals surface area contributed by atoms with Gasteiger partial charge in [0.25, 0.3) is 0 Å². The van der Waals surface area contributed by atoms with E-state index < -0.39 is 5.97 Å². The molecule has 0 spiro atoms. The summed E-state index contributed by atoms with van der Waals surface area (Å²) in [5.41, 5.74) is 1.75. The number of nitrogens with zero attached hydrogens (tertiary/aromatic N) is 1. The summed E-state index contributed by atoms with van der Waals surface area (Å²) in [4.78, 5) is 16.9. The van der Waals surface area contributed by atoms with E-state index in [-0.39, 0.29) is 5.76 Å². The molecule has 2 rings (SSSR count). The van der Waals surface area contributed by atoms with E-state index in [1.165, 1.54) is 5.56 Å². The molecule has 4 nitrogen and oxygen atoms in total. The molecule has 0 N–H and O–H groups in total. The van der Waals surface area contributed by atoms with E-state index in [2.05, 4.69) is 11.9 Å². The highest BCUT2D eigenvalue weighted by Crippen LogP contribution is 2.30. The topological polar surface area (TPSA) is 52.3 Å². The molecule has 18 heavy (non-hydrogen) atoms. The fourth-order valence-electron chi connectivity index (χ4n) is 1.68. The van der Waals surface area contributed by atoms with Crippen LogP contribution in [0.4, 0.5) is 0 Å². The number of aromatic nitrogens is 1. The Bertz CT molecular complexity index is 556. The molecule has 0 unspecified atom stereocenters. The lowest BCUT2D eigenvalue weighted by Gasteiger charge is -1.97. The molecule has 2 aromatic rings. The molecule has 0 fully saturated rings. The summed E-state index contributed by atoms with van der Waals surface area (Å²) in [5, 5.41) is 2.00. The molecule has 5 heteroatoms. The van der Waals surface area contributed by atoms with Crippen molar-refractivity contribution in [2.45, 2.75) is 27.2 Å². The SMILES string of the molecule is CCOC(=O)c1oc(-c2sccc2CC)nc1C. The summed E-state index contributed by atoms with van der Waals surface area (Å²) in [7, 11) is 0. The minimum atomic E-state index is -0.455. The Morgan fingerprint density at radius 2 is 2.28 bits per heavy atom. The van der Waals surface area contributed by atoms with Gasteiger partial charge in [-0.3, -0.25) is 0 Å². The van der Waals surface area contributed by atoms with Crippen LogP contribution in [0.15, 0.2) is 15.9 Å². The fourth-order valence-corrected chi connectivity index (χ4v) is 2.60. The van der Waals surface area contributed by atoms with Crippen LogP contribution < -0.4 is 0 Å². The number of ether oxygens (including phenoxy) is 1. The zero-order chi connectivity index (χ0) is 13.1. The van der Waals surface area contributed by atoms with Gasteiger partial charge in [0.05, 0.1) is 17.2 Å². The Labute approximate surface area is 110 Å². The van der Waals surface area contributed by atoms with E-state index in [1.54, 1.807) is 25.2 Å². The largest absolute Gasteiger partial charge is 0.460 e. The van der Waals surface area contributed by atoms with Crippen molar-refractivity contribution in [3.63, 3.8) is 0 Å². The second kappa shape index (κ2) is 5.35. The molecule has 2 aromatic heterocycles. The van der Waals surface area contributed by atoms with Crippen molar-refractivity contribution >= 4 is 17.3 Å². The molecule has 0 aromatic carbocycles. The Kier molecular flexibility index (Phi) is 3.81. The van der Waals surface area contributed by atoms with Crippen LogP contribution in [0.25, 0.3) is 10.8 Å². The maximum absolute atomic E-state index is 11.7. The average molecular weight is 265 g/mol. The van der Waals surface area contributed by atoms with Gasteiger partial charge < -0.3 is 9.15 Å². The fraction of sp³-hybridized carbons (Fsp3) is 0.385. The molecular formula is C13H15NO3S. The van der Waals surface area contributed by atoms with Crippen LogP contribution in [0.2, 0.25) is 0 Å². The maximum Gasteiger partial charge on any atom is 0.376 e. The Morgan fingerprint density at radius 1 is 1.50 bits per heavy atom. The number of rotatable bonds is 4. The summed E-state index contributed by atoms with van der Waals surface area (Å²) >= 11 is 1.57. The first-order chi connectivity index (χ1) is 8.67. The molecule has 96 valence electrons. The summed E-state index contributed by atoms with van der Waals surface area (Å²) in [6, 6.07) is 2.05. The van der Waals surface area contributed by atoms with Crippen LogP contribution >= 0.6 is 11.3 Å². The van der Waals surface area contributed by atoms with Crippen LogP contribution in [-0.4, -0.2) is 17.6 Å². The van der Waals surface area contributed by atoms with Gasteiger partial charge in [-0.2, -0.15) is 0 Å². The first-order valence-corrected chi connectivity index (χ1v) is 6.76. The van der Waals surface area contributed by atoms with Crippen LogP contribution in [0.5, 0.6) is 0 Å². The van der Waals surface area contributed by atoms with E-state index >= 15 is 0 Å². The van der Waals surface area contributed by atoms with Gasteiger partial charge in [-0.25, -0.2) is 9.78 Å². The molecular weight excluding hydrogens is 250 g/mol. The molecule has 0 atom stereocenters. The number of carbonyl (C=O) groups excluding carboxylic acids is 1. The lowest BCUT2D eigenvalue weighted by molar-refractivity contribution is 0.0490. The van der Waals surface area contributed by atoms with E-state index in [0.717, 1.165) is 11.3 Å². The quantitative estimate of drug-likeness (QED) is 0.794. The third kappa shape index (κ3) is 2.31. The van der Waals surface area contributed by atoms with Gasteiger partial charge in [-0.15, -0.1) is 11.3 Å². The molecule has 0 saturated carbocycles. The molecule has 0 bridgehead atoms. The van der Waals surface area contributed by atoms with Crippen molar-refractivity contribution in [1.82, 2.24) is 4.98 Å². The van der Waals surface area contributed by atoms with Crippen LogP contribution in [-0.2, 0) is 11.2 Å². The van der Waals surface area contributed by atoms with Crippen molar-refractivity contribution in [2.24, 2.45) is 0 Å². The van der Waals surface area contributed by atoms with Crippen LogP contribution in [0.1, 0.15) is 35.7 Å². The van der Waals surface area contributed by atoms with Gasteiger partial charge in [0.1, 0.15) is 0 Å². The number of hydrogen-bond acceptors (Lipinski definition) is 5. The lowest BCUT2D eigenvalue weighted by Crippen LogP contribution is -2.04. The van der Waals surface area contributed by atoms with Crippen molar-refractivity contribution in [1.29, 1.82) is 0 Å². The van der Waals surface area contributed by atoms with Crippen molar-refractivity contribution in [3.05, 3.63) is 28.5 Å². The van der Waals surface area contributed by atoms with Crippen LogP contribution in [0, 0.1) is 6.92 Å². The zero-order valence-corrected chi connectivity index (χ0v) is 11.5. The molecule has 0 aliphatic carbocycles. The minimum Gasteiger partial charge on any atom is -0.460 e. The third-order valence-electron chi connectivity index (χ3n) is 2.58. The molecule has 0 saturated heterocycles. The first-order valence-electron chi connectivity index (χ1n) is 5.88. The monoisotopic (exact) mass is 265 g/mol. The highest BCUT2D eigenvalue weighted by molar-refractivity contribution is 7.13.